The highest BCUT2D eigenvalue weighted by atomic mass is 16.6. The van der Waals surface area contributed by atoms with E-state index in [1.807, 2.05) is 52.0 Å². The Balaban J connectivity index is 1.41. The molecule has 1 saturated heterocycles. The number of aromatic nitrogens is 2. The molecule has 0 saturated carbocycles. The van der Waals surface area contributed by atoms with Crippen LogP contribution in [0.2, 0.25) is 0 Å². The van der Waals surface area contributed by atoms with Crippen molar-refractivity contribution in [3.63, 3.8) is 0 Å². The van der Waals surface area contributed by atoms with E-state index in [4.69, 9.17) is 14.2 Å². The lowest BCUT2D eigenvalue weighted by Crippen LogP contribution is -2.48. The predicted octanol–water partition coefficient (Wildman–Crippen LogP) is 5.75. The zero-order valence-corrected chi connectivity index (χ0v) is 25.7. The van der Waals surface area contributed by atoms with Gasteiger partial charge in [0.15, 0.2) is 0 Å². The average molecular weight is 589 g/mol. The summed E-state index contributed by atoms with van der Waals surface area (Å²) < 4.78 is 18.5. The number of rotatable bonds is 7. The first-order chi connectivity index (χ1) is 20.5. The number of carbonyl (C=O) groups excluding carboxylic acids is 3. The fraction of sp³-hybridized carbons (Fsp3) is 0.455. The standard InChI is InChI=1S/C33H40N4O6/c1-7-41-30(38)26-18-35(6)34-28(26)19-37(29-16-17-36(21(29)2)32(40)43-33(3,4)5)31(39)42-20-27-24-14-10-8-12-22(24)23-13-9-11-15-25(23)27/h8-15,18,21,27,29H,7,16-17,19-20H2,1-6H3/t21-,29+/m1/s1. The van der Waals surface area contributed by atoms with Crippen LogP contribution < -0.4 is 0 Å². The van der Waals surface area contributed by atoms with Gasteiger partial charge in [-0.3, -0.25) is 9.58 Å². The third-order valence-electron chi connectivity index (χ3n) is 8.03. The number of benzene rings is 2. The van der Waals surface area contributed by atoms with E-state index in [0.717, 1.165) is 22.3 Å². The van der Waals surface area contributed by atoms with Crippen LogP contribution >= 0.6 is 0 Å². The third kappa shape index (κ3) is 6.23. The Bertz CT molecular complexity index is 1460. The van der Waals surface area contributed by atoms with Crippen molar-refractivity contribution < 1.29 is 28.6 Å². The van der Waals surface area contributed by atoms with Gasteiger partial charge in [0.1, 0.15) is 17.8 Å². The summed E-state index contributed by atoms with van der Waals surface area (Å²) >= 11 is 0. The quantitative estimate of drug-likeness (QED) is 0.256. The number of hydrogen-bond acceptors (Lipinski definition) is 7. The van der Waals surface area contributed by atoms with E-state index in [9.17, 15) is 14.4 Å². The zero-order valence-electron chi connectivity index (χ0n) is 25.7. The second-order valence-electron chi connectivity index (χ2n) is 12.1. The highest BCUT2D eigenvalue weighted by Crippen LogP contribution is 2.44. The van der Waals surface area contributed by atoms with E-state index in [-0.39, 0.29) is 43.3 Å². The Morgan fingerprint density at radius 3 is 2.23 bits per heavy atom. The van der Waals surface area contributed by atoms with Crippen LogP contribution in [0.25, 0.3) is 11.1 Å². The lowest BCUT2D eigenvalue weighted by Gasteiger charge is -2.33. The number of aryl methyl sites for hydroxylation is 1. The van der Waals surface area contributed by atoms with Gasteiger partial charge in [0.25, 0.3) is 0 Å². The van der Waals surface area contributed by atoms with Gasteiger partial charge in [-0.05, 0) is 63.3 Å². The molecule has 0 bridgehead atoms. The summed E-state index contributed by atoms with van der Waals surface area (Å²) in [7, 11) is 1.71. The van der Waals surface area contributed by atoms with Gasteiger partial charge in [0.2, 0.25) is 0 Å². The number of esters is 1. The van der Waals surface area contributed by atoms with Gasteiger partial charge in [-0.25, -0.2) is 14.4 Å². The first kappa shape index (κ1) is 30.1. The van der Waals surface area contributed by atoms with E-state index in [2.05, 4.69) is 29.4 Å². The fourth-order valence-electron chi connectivity index (χ4n) is 6.10. The lowest BCUT2D eigenvalue weighted by molar-refractivity contribution is 0.0187. The normalized spacial score (nSPS) is 17.8. The molecular weight excluding hydrogens is 548 g/mol. The molecule has 0 N–H and O–H groups in total. The van der Waals surface area contributed by atoms with Gasteiger partial charge in [-0.1, -0.05) is 48.5 Å². The Labute approximate surface area is 252 Å². The van der Waals surface area contributed by atoms with Gasteiger partial charge in [0, 0.05) is 25.7 Å². The molecule has 1 aliphatic heterocycles. The third-order valence-corrected chi connectivity index (χ3v) is 8.03. The van der Waals surface area contributed by atoms with Crippen molar-refractivity contribution in [1.82, 2.24) is 19.6 Å². The monoisotopic (exact) mass is 588 g/mol. The fourth-order valence-corrected chi connectivity index (χ4v) is 6.10. The maximum absolute atomic E-state index is 14.0. The molecular formula is C33H40N4O6. The van der Waals surface area contributed by atoms with Crippen LogP contribution in [0.4, 0.5) is 9.59 Å². The summed E-state index contributed by atoms with van der Waals surface area (Å²) in [5.74, 6) is -0.615. The van der Waals surface area contributed by atoms with Crippen LogP contribution in [0, 0.1) is 0 Å². The summed E-state index contributed by atoms with van der Waals surface area (Å²) in [6.45, 7) is 9.90. The van der Waals surface area contributed by atoms with Crippen LogP contribution in [-0.2, 0) is 27.8 Å². The largest absolute Gasteiger partial charge is 0.462 e. The van der Waals surface area contributed by atoms with Crippen molar-refractivity contribution in [1.29, 1.82) is 0 Å². The van der Waals surface area contributed by atoms with Crippen molar-refractivity contribution >= 4 is 18.2 Å². The van der Waals surface area contributed by atoms with Crippen LogP contribution in [0.15, 0.2) is 54.7 Å². The number of hydrogen-bond donors (Lipinski definition) is 0. The maximum Gasteiger partial charge on any atom is 0.410 e. The number of fused-ring (bicyclic) bond motifs is 3. The number of amides is 2. The van der Waals surface area contributed by atoms with Gasteiger partial charge < -0.3 is 19.1 Å². The Hall–Kier alpha value is -4.34. The Morgan fingerprint density at radius 2 is 1.63 bits per heavy atom. The maximum atomic E-state index is 14.0. The summed E-state index contributed by atoms with van der Waals surface area (Å²) in [6.07, 6.45) is 1.14. The summed E-state index contributed by atoms with van der Waals surface area (Å²) in [5.41, 5.74) is 4.55. The molecule has 228 valence electrons. The smallest absolute Gasteiger partial charge is 0.410 e. The number of likely N-dealkylation sites (tertiary alicyclic amines) is 1. The second-order valence-corrected chi connectivity index (χ2v) is 12.1. The minimum Gasteiger partial charge on any atom is -0.462 e. The van der Waals surface area contributed by atoms with E-state index >= 15 is 0 Å². The molecule has 0 radical (unpaired) electrons. The summed E-state index contributed by atoms with van der Waals surface area (Å²) in [5, 5.41) is 4.49. The highest BCUT2D eigenvalue weighted by Gasteiger charge is 2.42. The molecule has 2 atom stereocenters. The van der Waals surface area contributed by atoms with Gasteiger partial charge in [-0.2, -0.15) is 5.10 Å². The average Bonchev–Trinajstić information content (AvgIpc) is 3.62. The Kier molecular flexibility index (Phi) is 8.48. The summed E-state index contributed by atoms with van der Waals surface area (Å²) in [4.78, 5) is 43.0. The van der Waals surface area contributed by atoms with Gasteiger partial charge in [-0.15, -0.1) is 0 Å². The van der Waals surface area contributed by atoms with Crippen LogP contribution in [0.5, 0.6) is 0 Å². The minimum atomic E-state index is -0.649. The molecule has 5 rings (SSSR count). The molecule has 10 heteroatoms. The Morgan fingerprint density at radius 1 is 1.00 bits per heavy atom. The first-order valence-electron chi connectivity index (χ1n) is 14.8. The second kappa shape index (κ2) is 12.1. The molecule has 1 fully saturated rings. The van der Waals surface area contributed by atoms with Crippen LogP contribution in [0.3, 0.4) is 0 Å². The first-order valence-corrected chi connectivity index (χ1v) is 14.8. The lowest BCUT2D eigenvalue weighted by atomic mass is 9.98. The van der Waals surface area contributed by atoms with Crippen molar-refractivity contribution in [2.45, 2.75) is 71.2 Å². The number of ether oxygens (including phenoxy) is 3. The SMILES string of the molecule is CCOC(=O)c1cn(C)nc1CN(C(=O)OCC1c2ccccc2-c2ccccc21)[C@H]1CCN(C(=O)OC(C)(C)C)[C@@H]1C. The van der Waals surface area contributed by atoms with Crippen molar-refractivity contribution in [3.8, 4) is 11.1 Å². The molecule has 0 spiro atoms. The van der Waals surface area contributed by atoms with Crippen LogP contribution in [-0.4, -0.2) is 75.2 Å². The highest BCUT2D eigenvalue weighted by molar-refractivity contribution is 5.90. The van der Waals surface area contributed by atoms with Crippen LogP contribution in [0.1, 0.15) is 74.1 Å². The molecule has 10 nitrogen and oxygen atoms in total. The van der Waals surface area contributed by atoms with Crippen molar-refractivity contribution in [2.75, 3.05) is 19.8 Å². The molecule has 1 aliphatic carbocycles. The molecule has 1 aromatic heterocycles. The van der Waals surface area contributed by atoms with E-state index in [0.29, 0.717) is 18.7 Å². The molecule has 3 aromatic rings. The van der Waals surface area contributed by atoms with E-state index < -0.39 is 23.8 Å². The molecule has 2 aromatic carbocycles. The number of nitrogens with zero attached hydrogens (tertiary/aromatic N) is 4. The topological polar surface area (TPSA) is 103 Å². The van der Waals surface area contributed by atoms with E-state index in [1.165, 1.54) is 4.68 Å². The summed E-state index contributed by atoms with van der Waals surface area (Å²) in [6, 6.07) is 15.6. The van der Waals surface area contributed by atoms with E-state index in [1.54, 1.807) is 30.0 Å². The van der Waals surface area contributed by atoms with Gasteiger partial charge >= 0.3 is 18.2 Å². The van der Waals surface area contributed by atoms with Crippen molar-refractivity contribution in [3.05, 3.63) is 77.1 Å². The number of carbonyl (C=O) groups is 3. The molecule has 2 aliphatic rings. The molecule has 2 amide bonds. The minimum absolute atomic E-state index is 0.0167. The molecule has 0 unspecified atom stereocenters. The van der Waals surface area contributed by atoms with Gasteiger partial charge in [0.05, 0.1) is 30.9 Å². The predicted molar refractivity (Wildman–Crippen MR) is 161 cm³/mol. The molecule has 2 heterocycles. The zero-order chi connectivity index (χ0) is 30.9. The van der Waals surface area contributed by atoms with Crippen molar-refractivity contribution in [2.24, 2.45) is 7.05 Å². The molecule has 43 heavy (non-hydrogen) atoms.